The SMILES string of the molecule is CNC(CC1=CCCCC1)c1cc(Cl)cnc1N. The van der Waals surface area contributed by atoms with Crippen molar-refractivity contribution in [2.24, 2.45) is 0 Å². The summed E-state index contributed by atoms with van der Waals surface area (Å²) in [6.07, 6.45) is 9.96. The molecule has 0 fully saturated rings. The summed E-state index contributed by atoms with van der Waals surface area (Å²) in [5.74, 6) is 0.565. The molecule has 0 spiro atoms. The van der Waals surface area contributed by atoms with E-state index in [4.69, 9.17) is 17.3 Å². The number of pyridine rings is 1. The van der Waals surface area contributed by atoms with Gasteiger partial charge in [0, 0.05) is 17.8 Å². The standard InChI is InChI=1S/C14H20ClN3/c1-17-13(7-10-5-3-2-4-6-10)12-8-11(15)9-18-14(12)16/h5,8-9,13,17H,2-4,6-7H2,1H3,(H2,16,18). The molecule has 2 rings (SSSR count). The third-order valence-electron chi connectivity index (χ3n) is 3.49. The van der Waals surface area contributed by atoms with Gasteiger partial charge < -0.3 is 11.1 Å². The molecule has 4 heteroatoms. The molecule has 0 bridgehead atoms. The second-order valence-corrected chi connectivity index (χ2v) is 5.22. The Balaban J connectivity index is 2.17. The highest BCUT2D eigenvalue weighted by Crippen LogP contribution is 2.30. The summed E-state index contributed by atoms with van der Waals surface area (Å²) in [6.45, 7) is 0. The molecule has 1 aromatic rings. The van der Waals surface area contributed by atoms with E-state index in [9.17, 15) is 0 Å². The van der Waals surface area contributed by atoms with Gasteiger partial charge in [0.15, 0.2) is 0 Å². The number of anilines is 1. The van der Waals surface area contributed by atoms with Crippen molar-refractivity contribution < 1.29 is 0 Å². The zero-order chi connectivity index (χ0) is 13.0. The van der Waals surface area contributed by atoms with E-state index in [2.05, 4.69) is 16.4 Å². The van der Waals surface area contributed by atoms with Crippen LogP contribution in [0.4, 0.5) is 5.82 Å². The van der Waals surface area contributed by atoms with Crippen LogP contribution in [0.3, 0.4) is 0 Å². The maximum absolute atomic E-state index is 6.00. The van der Waals surface area contributed by atoms with Gasteiger partial charge in [-0.2, -0.15) is 0 Å². The van der Waals surface area contributed by atoms with Crippen molar-refractivity contribution in [2.45, 2.75) is 38.1 Å². The Kier molecular flexibility index (Phi) is 4.61. The normalized spacial score (nSPS) is 17.3. The maximum atomic E-state index is 6.00. The number of nitrogen functional groups attached to an aromatic ring is 1. The van der Waals surface area contributed by atoms with Crippen LogP contribution in [-0.4, -0.2) is 12.0 Å². The fourth-order valence-electron chi connectivity index (χ4n) is 2.46. The molecule has 0 aromatic carbocycles. The van der Waals surface area contributed by atoms with Gasteiger partial charge in [-0.25, -0.2) is 4.98 Å². The van der Waals surface area contributed by atoms with Crippen molar-refractivity contribution in [1.82, 2.24) is 10.3 Å². The van der Waals surface area contributed by atoms with Crippen molar-refractivity contribution >= 4 is 17.4 Å². The van der Waals surface area contributed by atoms with E-state index in [-0.39, 0.29) is 6.04 Å². The van der Waals surface area contributed by atoms with Crippen LogP contribution in [0.5, 0.6) is 0 Å². The Morgan fingerprint density at radius 3 is 3.00 bits per heavy atom. The average molecular weight is 266 g/mol. The molecule has 0 radical (unpaired) electrons. The lowest BCUT2D eigenvalue weighted by Gasteiger charge is -2.21. The largest absolute Gasteiger partial charge is 0.383 e. The molecule has 1 heterocycles. The van der Waals surface area contributed by atoms with Crippen LogP contribution in [-0.2, 0) is 0 Å². The van der Waals surface area contributed by atoms with Crippen LogP contribution >= 0.6 is 11.6 Å². The Morgan fingerprint density at radius 1 is 1.50 bits per heavy atom. The third kappa shape index (κ3) is 3.24. The minimum absolute atomic E-state index is 0.195. The number of aromatic nitrogens is 1. The first-order valence-electron chi connectivity index (χ1n) is 6.47. The first-order valence-corrected chi connectivity index (χ1v) is 6.84. The predicted octanol–water partition coefficient (Wildman–Crippen LogP) is 3.47. The zero-order valence-corrected chi connectivity index (χ0v) is 11.5. The molecule has 3 N–H and O–H groups in total. The molecule has 0 aliphatic heterocycles. The lowest BCUT2D eigenvalue weighted by molar-refractivity contribution is 0.559. The highest BCUT2D eigenvalue weighted by molar-refractivity contribution is 6.30. The number of nitrogens with two attached hydrogens (primary N) is 1. The van der Waals surface area contributed by atoms with Crippen LogP contribution in [0, 0.1) is 0 Å². The summed E-state index contributed by atoms with van der Waals surface area (Å²) >= 11 is 6.00. The number of rotatable bonds is 4. The Labute approximate surface area is 113 Å². The first kappa shape index (κ1) is 13.4. The molecule has 0 saturated carbocycles. The Bertz CT molecular complexity index is 443. The molecule has 1 aliphatic rings. The number of halogens is 1. The quantitative estimate of drug-likeness (QED) is 0.820. The minimum atomic E-state index is 0.195. The van der Waals surface area contributed by atoms with E-state index < -0.39 is 0 Å². The maximum Gasteiger partial charge on any atom is 0.128 e. The van der Waals surface area contributed by atoms with Crippen molar-refractivity contribution in [2.75, 3.05) is 12.8 Å². The lowest BCUT2D eigenvalue weighted by Crippen LogP contribution is -2.19. The molecule has 1 unspecified atom stereocenters. The molecular formula is C14H20ClN3. The lowest BCUT2D eigenvalue weighted by atomic mass is 9.92. The molecule has 18 heavy (non-hydrogen) atoms. The summed E-state index contributed by atoms with van der Waals surface area (Å²) in [7, 11) is 1.95. The molecular weight excluding hydrogens is 246 g/mol. The molecule has 3 nitrogen and oxygen atoms in total. The Morgan fingerprint density at radius 2 is 2.33 bits per heavy atom. The molecule has 1 atom stereocenters. The van der Waals surface area contributed by atoms with Crippen LogP contribution in [0.25, 0.3) is 0 Å². The summed E-state index contributed by atoms with van der Waals surface area (Å²) in [5, 5.41) is 3.95. The number of allylic oxidation sites excluding steroid dienone is 1. The predicted molar refractivity (Wildman–Crippen MR) is 76.6 cm³/mol. The molecule has 1 aromatic heterocycles. The van der Waals surface area contributed by atoms with Crippen LogP contribution in [0.2, 0.25) is 5.02 Å². The summed E-state index contributed by atoms with van der Waals surface area (Å²) in [4.78, 5) is 4.13. The average Bonchev–Trinajstić information content (AvgIpc) is 2.40. The van der Waals surface area contributed by atoms with Gasteiger partial charge >= 0.3 is 0 Å². The van der Waals surface area contributed by atoms with Gasteiger partial charge in [-0.15, -0.1) is 0 Å². The third-order valence-corrected chi connectivity index (χ3v) is 3.70. The molecule has 0 amide bonds. The van der Waals surface area contributed by atoms with Gasteiger partial charge in [0.05, 0.1) is 5.02 Å². The topological polar surface area (TPSA) is 50.9 Å². The molecule has 0 saturated heterocycles. The molecule has 1 aliphatic carbocycles. The van der Waals surface area contributed by atoms with Crippen LogP contribution < -0.4 is 11.1 Å². The van der Waals surface area contributed by atoms with E-state index in [1.165, 1.54) is 31.3 Å². The highest BCUT2D eigenvalue weighted by Gasteiger charge is 2.16. The highest BCUT2D eigenvalue weighted by atomic mass is 35.5. The fourth-order valence-corrected chi connectivity index (χ4v) is 2.63. The summed E-state index contributed by atoms with van der Waals surface area (Å²) < 4.78 is 0. The minimum Gasteiger partial charge on any atom is -0.383 e. The van der Waals surface area contributed by atoms with Crippen molar-refractivity contribution in [3.8, 4) is 0 Å². The van der Waals surface area contributed by atoms with Crippen LogP contribution in [0.1, 0.15) is 43.7 Å². The van der Waals surface area contributed by atoms with E-state index >= 15 is 0 Å². The van der Waals surface area contributed by atoms with Gasteiger partial charge in [0.25, 0.3) is 0 Å². The molecule has 98 valence electrons. The van der Waals surface area contributed by atoms with Crippen LogP contribution in [0.15, 0.2) is 23.9 Å². The van der Waals surface area contributed by atoms with E-state index in [1.54, 1.807) is 6.20 Å². The Hall–Kier alpha value is -1.06. The van der Waals surface area contributed by atoms with Crippen molar-refractivity contribution in [1.29, 1.82) is 0 Å². The van der Waals surface area contributed by atoms with Gasteiger partial charge in [-0.05, 0) is 45.2 Å². The van der Waals surface area contributed by atoms with Crippen molar-refractivity contribution in [3.05, 3.63) is 34.5 Å². The number of nitrogens with one attached hydrogen (secondary N) is 1. The second kappa shape index (κ2) is 6.21. The van der Waals surface area contributed by atoms with E-state index in [0.29, 0.717) is 10.8 Å². The monoisotopic (exact) mass is 265 g/mol. The smallest absolute Gasteiger partial charge is 0.128 e. The zero-order valence-electron chi connectivity index (χ0n) is 10.7. The summed E-state index contributed by atoms with van der Waals surface area (Å²) in [5.41, 5.74) is 8.45. The van der Waals surface area contributed by atoms with Crippen molar-refractivity contribution in [3.63, 3.8) is 0 Å². The van der Waals surface area contributed by atoms with Gasteiger partial charge in [-0.1, -0.05) is 23.3 Å². The number of hydrogen-bond donors (Lipinski definition) is 2. The van der Waals surface area contributed by atoms with E-state index in [1.807, 2.05) is 13.1 Å². The van der Waals surface area contributed by atoms with Gasteiger partial charge in [-0.3, -0.25) is 0 Å². The van der Waals surface area contributed by atoms with Gasteiger partial charge in [0.1, 0.15) is 5.82 Å². The fraction of sp³-hybridized carbons (Fsp3) is 0.500. The first-order chi connectivity index (χ1) is 8.70. The van der Waals surface area contributed by atoms with E-state index in [0.717, 1.165) is 12.0 Å². The van der Waals surface area contributed by atoms with Gasteiger partial charge in [0.2, 0.25) is 0 Å². The number of nitrogens with zero attached hydrogens (tertiary/aromatic N) is 1. The number of hydrogen-bond acceptors (Lipinski definition) is 3. The summed E-state index contributed by atoms with van der Waals surface area (Å²) in [6, 6.07) is 2.11. The second-order valence-electron chi connectivity index (χ2n) is 4.78.